The minimum atomic E-state index is 0.0556. The molecule has 1 unspecified atom stereocenters. The molecular formula is C29H33Cl2N3O2. The van der Waals surface area contributed by atoms with Crippen molar-refractivity contribution >= 4 is 46.1 Å². The van der Waals surface area contributed by atoms with Gasteiger partial charge in [-0.15, -0.1) is 0 Å². The first-order valence-corrected chi connectivity index (χ1v) is 13.6. The second kappa shape index (κ2) is 10.9. The van der Waals surface area contributed by atoms with Crippen LogP contribution in [0, 0.1) is 5.92 Å². The van der Waals surface area contributed by atoms with Crippen molar-refractivity contribution in [3.8, 4) is 5.75 Å². The molecule has 2 aliphatic heterocycles. The number of rotatable bonds is 5. The van der Waals surface area contributed by atoms with Gasteiger partial charge in [0.2, 0.25) is 5.91 Å². The third-order valence-electron chi connectivity index (χ3n) is 8.14. The van der Waals surface area contributed by atoms with Gasteiger partial charge in [-0.3, -0.25) is 4.79 Å². The van der Waals surface area contributed by atoms with Gasteiger partial charge in [0, 0.05) is 48.4 Å². The molecule has 3 aromatic rings. The van der Waals surface area contributed by atoms with Gasteiger partial charge in [-0.1, -0.05) is 29.3 Å². The van der Waals surface area contributed by atoms with Gasteiger partial charge in [0.25, 0.3) is 0 Å². The number of fused-ring (bicyclic) bond motifs is 1. The first kappa shape index (κ1) is 25.2. The van der Waals surface area contributed by atoms with Crippen molar-refractivity contribution in [1.82, 2.24) is 14.8 Å². The number of phenols is 1. The molecular weight excluding hydrogens is 493 g/mol. The molecule has 36 heavy (non-hydrogen) atoms. The van der Waals surface area contributed by atoms with Crippen LogP contribution in [0.5, 0.6) is 5.75 Å². The zero-order valence-corrected chi connectivity index (χ0v) is 22.1. The number of aromatic nitrogens is 1. The van der Waals surface area contributed by atoms with Crippen LogP contribution in [0.4, 0.5) is 0 Å². The molecule has 1 atom stereocenters. The Bertz CT molecular complexity index is 1250. The van der Waals surface area contributed by atoms with E-state index in [0.717, 1.165) is 62.9 Å². The van der Waals surface area contributed by atoms with Crippen LogP contribution in [-0.4, -0.2) is 58.0 Å². The molecule has 0 spiro atoms. The number of hydrogen-bond donors (Lipinski definition) is 2. The van der Waals surface area contributed by atoms with Gasteiger partial charge in [0.1, 0.15) is 5.75 Å². The van der Waals surface area contributed by atoms with Crippen LogP contribution in [0.15, 0.2) is 48.7 Å². The average molecular weight is 527 g/mol. The molecule has 2 aliphatic rings. The molecule has 0 aliphatic carbocycles. The Morgan fingerprint density at radius 1 is 1.03 bits per heavy atom. The SMILES string of the molecule is CC(C1CCN(C(=O)C=Cc2ccc(Cl)c(Cl)c2)CC1)N1CCC(c2c[nH]c3cc(O)ccc23)CC1. The van der Waals surface area contributed by atoms with Gasteiger partial charge < -0.3 is 19.9 Å². The lowest BCUT2D eigenvalue weighted by Gasteiger charge is -2.42. The third-order valence-corrected chi connectivity index (χ3v) is 8.88. The second-order valence-corrected chi connectivity index (χ2v) is 11.0. The molecule has 1 amide bonds. The van der Waals surface area contributed by atoms with E-state index in [1.165, 1.54) is 10.9 Å². The van der Waals surface area contributed by atoms with Gasteiger partial charge in [-0.2, -0.15) is 0 Å². The zero-order chi connectivity index (χ0) is 25.2. The Morgan fingerprint density at radius 2 is 1.78 bits per heavy atom. The van der Waals surface area contributed by atoms with E-state index in [1.807, 2.05) is 17.0 Å². The van der Waals surface area contributed by atoms with Gasteiger partial charge >= 0.3 is 0 Å². The number of aromatic amines is 1. The molecule has 0 bridgehead atoms. The predicted molar refractivity (Wildman–Crippen MR) is 148 cm³/mol. The first-order valence-electron chi connectivity index (χ1n) is 12.8. The summed E-state index contributed by atoms with van der Waals surface area (Å²) in [6, 6.07) is 11.5. The smallest absolute Gasteiger partial charge is 0.246 e. The van der Waals surface area contributed by atoms with Gasteiger partial charge in [-0.05, 0) is 99.0 Å². The van der Waals surface area contributed by atoms with Gasteiger partial charge in [-0.25, -0.2) is 0 Å². The monoisotopic (exact) mass is 525 g/mol. The van der Waals surface area contributed by atoms with Crippen molar-refractivity contribution in [3.63, 3.8) is 0 Å². The third kappa shape index (κ3) is 5.44. The molecule has 2 aromatic carbocycles. The molecule has 2 saturated heterocycles. The molecule has 1 aromatic heterocycles. The standard InChI is InChI=1S/C29H33Cl2N3O2/c1-19(33-12-10-22(11-13-33)25-18-32-28-17-23(35)4-5-24(25)28)21-8-14-34(15-9-21)29(36)7-3-20-2-6-26(30)27(31)16-20/h2-7,16-19,21-22,32,35H,8-15H2,1H3. The number of carbonyl (C=O) groups excluding carboxylic acids is 1. The topological polar surface area (TPSA) is 59.6 Å². The van der Waals surface area contributed by atoms with Crippen molar-refractivity contribution in [3.05, 3.63) is 69.8 Å². The normalized spacial score (nSPS) is 19.4. The summed E-state index contributed by atoms with van der Waals surface area (Å²) < 4.78 is 0. The summed E-state index contributed by atoms with van der Waals surface area (Å²) in [6.07, 6.45) is 9.94. The first-order chi connectivity index (χ1) is 17.4. The van der Waals surface area contributed by atoms with Crippen molar-refractivity contribution < 1.29 is 9.90 Å². The number of nitrogens with zero attached hydrogens (tertiary/aromatic N) is 2. The maximum atomic E-state index is 12.7. The number of phenolic OH excluding ortho intramolecular Hbond substituents is 1. The average Bonchev–Trinajstić information content (AvgIpc) is 3.32. The number of likely N-dealkylation sites (tertiary alicyclic amines) is 2. The summed E-state index contributed by atoms with van der Waals surface area (Å²) in [5.74, 6) is 1.52. The van der Waals surface area contributed by atoms with Gasteiger partial charge in [0.15, 0.2) is 0 Å². The van der Waals surface area contributed by atoms with Crippen molar-refractivity contribution in [2.45, 2.75) is 44.6 Å². The van der Waals surface area contributed by atoms with E-state index in [9.17, 15) is 9.90 Å². The highest BCUT2D eigenvalue weighted by molar-refractivity contribution is 6.42. The highest BCUT2D eigenvalue weighted by Crippen LogP contribution is 2.36. The fourth-order valence-electron chi connectivity index (χ4n) is 5.88. The van der Waals surface area contributed by atoms with Crippen LogP contribution in [0.3, 0.4) is 0 Å². The minimum Gasteiger partial charge on any atom is -0.508 e. The van der Waals surface area contributed by atoms with Crippen LogP contribution >= 0.6 is 23.2 Å². The molecule has 0 radical (unpaired) electrons. The lowest BCUT2D eigenvalue weighted by Crippen LogP contribution is -2.47. The van der Waals surface area contributed by atoms with Crippen molar-refractivity contribution in [2.75, 3.05) is 26.2 Å². The lowest BCUT2D eigenvalue weighted by molar-refractivity contribution is -0.127. The largest absolute Gasteiger partial charge is 0.508 e. The highest BCUT2D eigenvalue weighted by Gasteiger charge is 2.31. The molecule has 2 fully saturated rings. The molecule has 7 heteroatoms. The highest BCUT2D eigenvalue weighted by atomic mass is 35.5. The number of aromatic hydroxyl groups is 1. The maximum absolute atomic E-state index is 12.7. The Labute approximate surface area is 222 Å². The summed E-state index contributed by atoms with van der Waals surface area (Å²) in [5, 5.41) is 12.0. The Hall–Kier alpha value is -2.47. The number of piperidine rings is 2. The van der Waals surface area contributed by atoms with E-state index in [2.05, 4.69) is 23.0 Å². The Balaban J connectivity index is 1.11. The molecule has 0 saturated carbocycles. The summed E-state index contributed by atoms with van der Waals surface area (Å²) in [4.78, 5) is 20.6. The Morgan fingerprint density at radius 3 is 2.50 bits per heavy atom. The number of carbonyl (C=O) groups is 1. The summed E-state index contributed by atoms with van der Waals surface area (Å²) in [6.45, 7) is 6.17. The van der Waals surface area contributed by atoms with Crippen LogP contribution in [-0.2, 0) is 4.79 Å². The van der Waals surface area contributed by atoms with Gasteiger partial charge in [0.05, 0.1) is 10.0 Å². The number of H-pyrrole nitrogens is 1. The fraction of sp³-hybridized carbons (Fsp3) is 0.414. The molecule has 190 valence electrons. The molecule has 3 heterocycles. The van der Waals surface area contributed by atoms with E-state index in [-0.39, 0.29) is 5.91 Å². The maximum Gasteiger partial charge on any atom is 0.246 e. The zero-order valence-electron chi connectivity index (χ0n) is 20.6. The van der Waals surface area contributed by atoms with E-state index >= 15 is 0 Å². The number of amides is 1. The van der Waals surface area contributed by atoms with E-state index in [4.69, 9.17) is 23.2 Å². The van der Waals surface area contributed by atoms with E-state index < -0.39 is 0 Å². The fourth-order valence-corrected chi connectivity index (χ4v) is 6.19. The molecule has 2 N–H and O–H groups in total. The summed E-state index contributed by atoms with van der Waals surface area (Å²) in [5.41, 5.74) is 3.25. The van der Waals surface area contributed by atoms with Crippen LogP contribution in [0.25, 0.3) is 17.0 Å². The van der Waals surface area contributed by atoms with Crippen molar-refractivity contribution in [1.29, 1.82) is 0 Å². The van der Waals surface area contributed by atoms with E-state index in [0.29, 0.717) is 33.7 Å². The summed E-state index contributed by atoms with van der Waals surface area (Å²) >= 11 is 12.0. The Kier molecular flexibility index (Phi) is 7.61. The van der Waals surface area contributed by atoms with E-state index in [1.54, 1.807) is 36.4 Å². The minimum absolute atomic E-state index is 0.0556. The molecule has 5 rings (SSSR count). The number of hydrogen-bond acceptors (Lipinski definition) is 3. The summed E-state index contributed by atoms with van der Waals surface area (Å²) in [7, 11) is 0. The molecule has 5 nitrogen and oxygen atoms in total. The quantitative estimate of drug-likeness (QED) is 0.364. The van der Waals surface area contributed by atoms with Crippen LogP contribution in [0.2, 0.25) is 10.0 Å². The van der Waals surface area contributed by atoms with Crippen LogP contribution in [0.1, 0.15) is 49.7 Å². The number of halogens is 2. The number of nitrogens with one attached hydrogen (secondary N) is 1. The number of benzene rings is 2. The predicted octanol–water partition coefficient (Wildman–Crippen LogP) is 6.70. The van der Waals surface area contributed by atoms with Crippen molar-refractivity contribution in [2.24, 2.45) is 5.92 Å². The lowest BCUT2D eigenvalue weighted by atomic mass is 9.85. The van der Waals surface area contributed by atoms with Crippen LogP contribution < -0.4 is 0 Å². The second-order valence-electron chi connectivity index (χ2n) is 10.2.